The van der Waals surface area contributed by atoms with E-state index in [2.05, 4.69) is 5.10 Å². The summed E-state index contributed by atoms with van der Waals surface area (Å²) >= 11 is 0. The second-order valence-electron chi connectivity index (χ2n) is 3.93. The Labute approximate surface area is 93.7 Å². The van der Waals surface area contributed by atoms with Gasteiger partial charge >= 0.3 is 0 Å². The van der Waals surface area contributed by atoms with E-state index in [1.54, 1.807) is 4.90 Å². The highest BCUT2D eigenvalue weighted by atomic mass is 16.2. The van der Waals surface area contributed by atoms with Crippen molar-refractivity contribution in [2.45, 2.75) is 26.3 Å². The maximum atomic E-state index is 11.8. The number of aromatic nitrogens is 2. The first-order valence-electron chi connectivity index (χ1n) is 5.60. The molecule has 1 aromatic rings. The van der Waals surface area contributed by atoms with Gasteiger partial charge in [-0.3, -0.25) is 9.59 Å². The first-order chi connectivity index (χ1) is 7.72. The zero-order chi connectivity index (χ0) is 11.5. The molecule has 0 unspecified atom stereocenters. The highest BCUT2D eigenvalue weighted by molar-refractivity contribution is 5.92. The topological polar surface area (TPSA) is 55.2 Å². The molecule has 86 valence electrons. The van der Waals surface area contributed by atoms with Crippen LogP contribution >= 0.6 is 0 Å². The van der Waals surface area contributed by atoms with Crippen molar-refractivity contribution >= 4 is 5.91 Å². The molecule has 1 amide bonds. The number of hydrogen-bond acceptors (Lipinski definition) is 3. The molecule has 5 nitrogen and oxygen atoms in total. The number of amides is 1. The second-order valence-corrected chi connectivity index (χ2v) is 3.93. The van der Waals surface area contributed by atoms with Gasteiger partial charge in [0.25, 0.3) is 11.5 Å². The van der Waals surface area contributed by atoms with E-state index in [0.29, 0.717) is 12.2 Å². The first kappa shape index (κ1) is 10.9. The molecule has 1 saturated heterocycles. The molecule has 0 aromatic carbocycles. The summed E-state index contributed by atoms with van der Waals surface area (Å²) in [7, 11) is 0. The standard InChI is InChI=1S/C11H15N3O2/c1-2-6-14-10(15)5-4-9(12-14)11(16)13-7-3-8-13/h4-5H,2-3,6-8H2,1H3. The Hall–Kier alpha value is -1.65. The van der Waals surface area contributed by atoms with Crippen molar-refractivity contribution in [3.63, 3.8) is 0 Å². The van der Waals surface area contributed by atoms with Crippen LogP contribution in [0.15, 0.2) is 16.9 Å². The SMILES string of the molecule is CCCn1nc(C(=O)N2CCC2)ccc1=O. The van der Waals surface area contributed by atoms with Gasteiger partial charge in [0.1, 0.15) is 5.69 Å². The molecular weight excluding hydrogens is 206 g/mol. The quantitative estimate of drug-likeness (QED) is 0.746. The summed E-state index contributed by atoms with van der Waals surface area (Å²) in [4.78, 5) is 25.0. The first-order valence-corrected chi connectivity index (χ1v) is 5.60. The number of rotatable bonds is 3. The minimum absolute atomic E-state index is 0.0731. The fourth-order valence-electron chi connectivity index (χ4n) is 1.62. The molecule has 0 N–H and O–H groups in total. The molecule has 2 heterocycles. The zero-order valence-electron chi connectivity index (χ0n) is 9.35. The lowest BCUT2D eigenvalue weighted by Gasteiger charge is -2.30. The summed E-state index contributed by atoms with van der Waals surface area (Å²) in [6, 6.07) is 2.92. The third kappa shape index (κ3) is 1.98. The van der Waals surface area contributed by atoms with Crippen molar-refractivity contribution in [3.8, 4) is 0 Å². The molecule has 2 rings (SSSR count). The van der Waals surface area contributed by atoms with Crippen LogP contribution in [0.5, 0.6) is 0 Å². The van der Waals surface area contributed by atoms with Crippen LogP contribution in [0, 0.1) is 0 Å². The predicted molar refractivity (Wildman–Crippen MR) is 59.3 cm³/mol. The summed E-state index contributed by atoms with van der Waals surface area (Å²) in [5, 5.41) is 4.08. The van der Waals surface area contributed by atoms with Crippen LogP contribution in [0.4, 0.5) is 0 Å². The zero-order valence-corrected chi connectivity index (χ0v) is 9.35. The van der Waals surface area contributed by atoms with Crippen molar-refractivity contribution in [2.24, 2.45) is 0 Å². The number of hydrogen-bond donors (Lipinski definition) is 0. The van der Waals surface area contributed by atoms with Crippen molar-refractivity contribution in [1.29, 1.82) is 0 Å². The van der Waals surface area contributed by atoms with Crippen LogP contribution in [0.25, 0.3) is 0 Å². The van der Waals surface area contributed by atoms with Crippen molar-refractivity contribution in [2.75, 3.05) is 13.1 Å². The Morgan fingerprint density at radius 2 is 2.19 bits per heavy atom. The average molecular weight is 221 g/mol. The molecule has 1 aliphatic heterocycles. The Morgan fingerprint density at radius 3 is 2.75 bits per heavy atom. The van der Waals surface area contributed by atoms with Gasteiger partial charge in [0, 0.05) is 25.7 Å². The van der Waals surface area contributed by atoms with Crippen LogP contribution in [0.2, 0.25) is 0 Å². The molecule has 5 heteroatoms. The summed E-state index contributed by atoms with van der Waals surface area (Å²) in [6.07, 6.45) is 1.88. The van der Waals surface area contributed by atoms with Crippen molar-refractivity contribution < 1.29 is 4.79 Å². The van der Waals surface area contributed by atoms with E-state index in [1.165, 1.54) is 16.8 Å². The monoisotopic (exact) mass is 221 g/mol. The molecule has 1 fully saturated rings. The molecule has 0 saturated carbocycles. The van der Waals surface area contributed by atoms with E-state index in [0.717, 1.165) is 25.9 Å². The van der Waals surface area contributed by atoms with E-state index >= 15 is 0 Å². The van der Waals surface area contributed by atoms with E-state index in [-0.39, 0.29) is 11.5 Å². The Bertz CT molecular complexity index is 449. The van der Waals surface area contributed by atoms with Gasteiger partial charge < -0.3 is 4.90 Å². The summed E-state index contributed by atoms with van der Waals surface area (Å²) in [5.74, 6) is -0.0731. The van der Waals surface area contributed by atoms with Gasteiger partial charge in [-0.1, -0.05) is 6.92 Å². The fraction of sp³-hybridized carbons (Fsp3) is 0.545. The molecule has 0 aliphatic carbocycles. The molecule has 0 atom stereocenters. The number of carbonyl (C=O) groups excluding carboxylic acids is 1. The largest absolute Gasteiger partial charge is 0.337 e. The lowest BCUT2D eigenvalue weighted by atomic mass is 10.2. The molecule has 16 heavy (non-hydrogen) atoms. The maximum absolute atomic E-state index is 11.8. The van der Waals surface area contributed by atoms with Gasteiger partial charge in [-0.25, -0.2) is 4.68 Å². The minimum Gasteiger partial charge on any atom is -0.337 e. The van der Waals surface area contributed by atoms with E-state index in [4.69, 9.17) is 0 Å². The van der Waals surface area contributed by atoms with Gasteiger partial charge in [-0.15, -0.1) is 0 Å². The molecular formula is C11H15N3O2. The van der Waals surface area contributed by atoms with Gasteiger partial charge in [-0.2, -0.15) is 5.10 Å². The van der Waals surface area contributed by atoms with Crippen LogP contribution in [0.3, 0.4) is 0 Å². The van der Waals surface area contributed by atoms with Crippen molar-refractivity contribution in [1.82, 2.24) is 14.7 Å². The third-order valence-corrected chi connectivity index (χ3v) is 2.66. The summed E-state index contributed by atoms with van der Waals surface area (Å²) in [6.45, 7) is 4.12. The highest BCUT2D eigenvalue weighted by Gasteiger charge is 2.22. The molecule has 0 radical (unpaired) electrons. The van der Waals surface area contributed by atoms with Crippen LogP contribution in [-0.2, 0) is 6.54 Å². The summed E-state index contributed by atoms with van der Waals surface area (Å²) in [5.41, 5.74) is 0.217. The molecule has 0 bridgehead atoms. The van der Waals surface area contributed by atoms with E-state index < -0.39 is 0 Å². The Morgan fingerprint density at radius 1 is 1.44 bits per heavy atom. The fourth-order valence-corrected chi connectivity index (χ4v) is 1.62. The predicted octanol–water partition coefficient (Wildman–Crippen LogP) is 0.499. The van der Waals surface area contributed by atoms with E-state index in [1.807, 2.05) is 6.92 Å². The molecule has 0 spiro atoms. The van der Waals surface area contributed by atoms with Gasteiger partial charge in [0.05, 0.1) is 0 Å². The van der Waals surface area contributed by atoms with Crippen molar-refractivity contribution in [3.05, 3.63) is 28.2 Å². The van der Waals surface area contributed by atoms with Gasteiger partial charge in [0.2, 0.25) is 0 Å². The number of carbonyl (C=O) groups is 1. The number of aryl methyl sites for hydroxylation is 1. The second kappa shape index (κ2) is 4.47. The highest BCUT2D eigenvalue weighted by Crippen LogP contribution is 2.09. The van der Waals surface area contributed by atoms with Crippen LogP contribution in [-0.4, -0.2) is 33.7 Å². The third-order valence-electron chi connectivity index (χ3n) is 2.66. The lowest BCUT2D eigenvalue weighted by molar-refractivity contribution is 0.0642. The number of nitrogens with zero attached hydrogens (tertiary/aromatic N) is 3. The Balaban J connectivity index is 2.24. The smallest absolute Gasteiger partial charge is 0.274 e. The van der Waals surface area contributed by atoms with Crippen LogP contribution < -0.4 is 5.56 Å². The van der Waals surface area contributed by atoms with Crippen LogP contribution in [0.1, 0.15) is 30.3 Å². The van der Waals surface area contributed by atoms with E-state index in [9.17, 15) is 9.59 Å². The molecule has 1 aromatic heterocycles. The number of likely N-dealkylation sites (tertiary alicyclic amines) is 1. The lowest BCUT2D eigenvalue weighted by Crippen LogP contribution is -2.43. The van der Waals surface area contributed by atoms with Gasteiger partial charge in [0.15, 0.2) is 0 Å². The average Bonchev–Trinajstić information content (AvgIpc) is 2.19. The minimum atomic E-state index is -0.151. The summed E-state index contributed by atoms with van der Waals surface area (Å²) < 4.78 is 1.35. The molecule has 1 aliphatic rings. The Kier molecular flexibility index (Phi) is 3.03. The normalized spacial score (nSPS) is 14.7. The van der Waals surface area contributed by atoms with Gasteiger partial charge in [-0.05, 0) is 18.9 Å². The maximum Gasteiger partial charge on any atom is 0.274 e.